The summed E-state index contributed by atoms with van der Waals surface area (Å²) in [7, 11) is 0. The summed E-state index contributed by atoms with van der Waals surface area (Å²) in [6, 6.07) is -2.74. The fourth-order valence-corrected chi connectivity index (χ4v) is 3.00. The Balaban J connectivity index is 2.72. The van der Waals surface area contributed by atoms with Crippen LogP contribution in [0.4, 0.5) is 0 Å². The number of carboxylic acid groups (broad SMARTS) is 1. The van der Waals surface area contributed by atoms with E-state index in [-0.39, 0.29) is 6.42 Å². The maximum absolute atomic E-state index is 12.6. The van der Waals surface area contributed by atoms with Crippen LogP contribution in [0.2, 0.25) is 0 Å². The molecule has 0 saturated heterocycles. The van der Waals surface area contributed by atoms with Crippen molar-refractivity contribution in [2.24, 2.45) is 11.5 Å². The zero-order valence-electron chi connectivity index (χ0n) is 16.0. The summed E-state index contributed by atoms with van der Waals surface area (Å²) >= 11 is 1.49. The molecule has 1 heterocycles. The highest BCUT2D eigenvalue weighted by Crippen LogP contribution is 2.06. The minimum Gasteiger partial charge on any atom is -0.480 e. The smallest absolute Gasteiger partial charge is 0.326 e. The molecule has 0 radical (unpaired) electrons. The minimum absolute atomic E-state index is 0.244. The normalized spacial score (nSPS) is 14.1. The third-order valence-corrected chi connectivity index (χ3v) is 4.78. The Labute approximate surface area is 168 Å². The first-order valence-corrected chi connectivity index (χ1v) is 10.5. The summed E-state index contributed by atoms with van der Waals surface area (Å²) in [5.41, 5.74) is 12.1. The third-order valence-electron chi connectivity index (χ3n) is 4.14. The molecular formula is C17H30N6O4S. The van der Waals surface area contributed by atoms with Gasteiger partial charge >= 0.3 is 5.97 Å². The van der Waals surface area contributed by atoms with E-state index < -0.39 is 35.9 Å². The van der Waals surface area contributed by atoms with Crippen molar-refractivity contribution in [2.45, 2.75) is 50.2 Å². The molecule has 8 N–H and O–H groups in total. The number of thioether (sulfide) groups is 1. The Morgan fingerprint density at radius 3 is 2.50 bits per heavy atom. The van der Waals surface area contributed by atoms with Crippen molar-refractivity contribution >= 4 is 29.5 Å². The predicted molar refractivity (Wildman–Crippen MR) is 108 cm³/mol. The van der Waals surface area contributed by atoms with Crippen molar-refractivity contribution in [3.8, 4) is 0 Å². The van der Waals surface area contributed by atoms with Gasteiger partial charge in [0.05, 0.1) is 12.4 Å². The number of unbranched alkanes of at least 4 members (excludes halogenated alkanes) is 1. The number of nitrogens with two attached hydrogens (primary N) is 2. The molecule has 0 bridgehead atoms. The SMILES string of the molecule is CSCC[C@H](NC(=O)[C@H](CCCCN)NC(=O)[C@@H](N)Cc1cnc[nH]1)C(=O)O. The highest BCUT2D eigenvalue weighted by Gasteiger charge is 2.27. The third kappa shape index (κ3) is 8.72. The number of nitrogens with one attached hydrogen (secondary N) is 3. The first-order chi connectivity index (χ1) is 13.4. The number of amides is 2. The van der Waals surface area contributed by atoms with Crippen LogP contribution in [-0.4, -0.2) is 69.5 Å². The van der Waals surface area contributed by atoms with Crippen molar-refractivity contribution in [1.82, 2.24) is 20.6 Å². The summed E-state index contributed by atoms with van der Waals surface area (Å²) < 4.78 is 0. The standard InChI is InChI=1S/C17H30N6O4S/c1-28-7-5-14(17(26)27)23-16(25)13(4-2-3-6-18)22-15(24)12(19)8-11-9-20-10-21-11/h9-10,12-14H,2-8,18-19H2,1H3,(H,20,21)(H,22,24)(H,23,25)(H,26,27)/t12-,13-,14-/m0/s1. The van der Waals surface area contributed by atoms with Gasteiger partial charge < -0.3 is 32.2 Å². The van der Waals surface area contributed by atoms with Crippen LogP contribution >= 0.6 is 11.8 Å². The molecule has 10 nitrogen and oxygen atoms in total. The highest BCUT2D eigenvalue weighted by atomic mass is 32.2. The van der Waals surface area contributed by atoms with Gasteiger partial charge in [-0.15, -0.1) is 0 Å². The number of aliphatic carboxylic acids is 1. The number of imidazole rings is 1. The van der Waals surface area contributed by atoms with E-state index in [0.29, 0.717) is 43.7 Å². The second-order valence-electron chi connectivity index (χ2n) is 6.41. The van der Waals surface area contributed by atoms with Gasteiger partial charge in [-0.05, 0) is 44.2 Å². The van der Waals surface area contributed by atoms with Gasteiger partial charge in [-0.1, -0.05) is 0 Å². The monoisotopic (exact) mass is 414 g/mol. The van der Waals surface area contributed by atoms with Gasteiger partial charge in [0.2, 0.25) is 11.8 Å². The van der Waals surface area contributed by atoms with Crippen LogP contribution in [0.1, 0.15) is 31.4 Å². The Morgan fingerprint density at radius 1 is 1.21 bits per heavy atom. The number of H-pyrrole nitrogens is 1. The van der Waals surface area contributed by atoms with E-state index in [2.05, 4.69) is 20.6 Å². The predicted octanol–water partition coefficient (Wildman–Crippen LogP) is -0.784. The second kappa shape index (κ2) is 13.1. The van der Waals surface area contributed by atoms with Crippen LogP contribution in [0.25, 0.3) is 0 Å². The van der Waals surface area contributed by atoms with Gasteiger partial charge in [-0.3, -0.25) is 9.59 Å². The molecule has 1 rings (SSSR count). The molecule has 0 aliphatic heterocycles. The lowest BCUT2D eigenvalue weighted by Crippen LogP contribution is -2.54. The molecule has 0 aliphatic rings. The van der Waals surface area contributed by atoms with E-state index >= 15 is 0 Å². The van der Waals surface area contributed by atoms with Crippen molar-refractivity contribution in [3.05, 3.63) is 18.2 Å². The molecule has 0 saturated carbocycles. The average Bonchev–Trinajstić information content (AvgIpc) is 3.16. The van der Waals surface area contributed by atoms with Crippen LogP contribution < -0.4 is 22.1 Å². The zero-order chi connectivity index (χ0) is 20.9. The van der Waals surface area contributed by atoms with Crippen LogP contribution in [0.15, 0.2) is 12.5 Å². The summed E-state index contributed by atoms with van der Waals surface area (Å²) in [5.74, 6) is -1.53. The van der Waals surface area contributed by atoms with E-state index in [1.165, 1.54) is 18.1 Å². The highest BCUT2D eigenvalue weighted by molar-refractivity contribution is 7.98. The number of carboxylic acids is 1. The Morgan fingerprint density at radius 2 is 1.93 bits per heavy atom. The Kier molecular flexibility index (Phi) is 11.2. The number of hydrogen-bond acceptors (Lipinski definition) is 7. The molecular weight excluding hydrogens is 384 g/mol. The summed E-state index contributed by atoms with van der Waals surface area (Å²) in [4.78, 5) is 43.1. The molecule has 1 aromatic heterocycles. The number of aromatic amines is 1. The topological polar surface area (TPSA) is 176 Å². The molecule has 158 valence electrons. The van der Waals surface area contributed by atoms with Gasteiger partial charge in [0.25, 0.3) is 0 Å². The fourth-order valence-electron chi connectivity index (χ4n) is 2.53. The maximum Gasteiger partial charge on any atom is 0.326 e. The minimum atomic E-state index is -1.11. The first-order valence-electron chi connectivity index (χ1n) is 9.14. The lowest BCUT2D eigenvalue weighted by molar-refractivity contribution is -0.142. The fraction of sp³-hybridized carbons (Fsp3) is 0.647. The van der Waals surface area contributed by atoms with E-state index in [9.17, 15) is 19.5 Å². The Hall–Kier alpha value is -2.11. The molecule has 0 spiro atoms. The number of nitrogens with zero attached hydrogens (tertiary/aromatic N) is 1. The first kappa shape index (κ1) is 23.9. The molecule has 2 amide bonds. The van der Waals surface area contributed by atoms with Crippen LogP contribution in [-0.2, 0) is 20.8 Å². The van der Waals surface area contributed by atoms with Gasteiger partial charge in [0.15, 0.2) is 0 Å². The quantitative estimate of drug-likeness (QED) is 0.215. The number of aromatic nitrogens is 2. The molecule has 0 unspecified atom stereocenters. The van der Waals surface area contributed by atoms with Crippen LogP contribution in [0.5, 0.6) is 0 Å². The van der Waals surface area contributed by atoms with Crippen LogP contribution in [0, 0.1) is 0 Å². The van der Waals surface area contributed by atoms with Gasteiger partial charge in [-0.2, -0.15) is 11.8 Å². The van der Waals surface area contributed by atoms with Gasteiger partial charge in [0, 0.05) is 18.3 Å². The van der Waals surface area contributed by atoms with Gasteiger partial charge in [0.1, 0.15) is 12.1 Å². The molecule has 1 aromatic rings. The molecule has 0 aromatic carbocycles. The molecule has 0 aliphatic carbocycles. The number of carbonyl (C=O) groups is 3. The van der Waals surface area contributed by atoms with Crippen molar-refractivity contribution < 1.29 is 19.5 Å². The summed E-state index contributed by atoms with van der Waals surface area (Å²) in [5, 5.41) is 14.5. The number of carbonyl (C=O) groups excluding carboxylic acids is 2. The maximum atomic E-state index is 12.6. The lowest BCUT2D eigenvalue weighted by Gasteiger charge is -2.23. The Bertz CT molecular complexity index is 613. The van der Waals surface area contributed by atoms with Crippen LogP contribution in [0.3, 0.4) is 0 Å². The molecule has 0 fully saturated rings. The largest absolute Gasteiger partial charge is 0.480 e. The van der Waals surface area contributed by atoms with Crippen molar-refractivity contribution in [1.29, 1.82) is 0 Å². The summed E-state index contributed by atoms with van der Waals surface area (Å²) in [6.45, 7) is 0.465. The van der Waals surface area contributed by atoms with E-state index in [4.69, 9.17) is 11.5 Å². The van der Waals surface area contributed by atoms with E-state index in [1.54, 1.807) is 6.20 Å². The van der Waals surface area contributed by atoms with Gasteiger partial charge in [-0.25, -0.2) is 9.78 Å². The van der Waals surface area contributed by atoms with E-state index in [0.717, 1.165) is 0 Å². The molecule has 28 heavy (non-hydrogen) atoms. The number of rotatable bonds is 14. The average molecular weight is 415 g/mol. The zero-order valence-corrected chi connectivity index (χ0v) is 16.8. The molecule has 11 heteroatoms. The van der Waals surface area contributed by atoms with E-state index in [1.807, 2.05) is 6.26 Å². The second-order valence-corrected chi connectivity index (χ2v) is 7.40. The van der Waals surface area contributed by atoms with Crippen molar-refractivity contribution in [2.75, 3.05) is 18.6 Å². The number of hydrogen-bond donors (Lipinski definition) is 6. The summed E-state index contributed by atoms with van der Waals surface area (Å²) in [6.07, 6.45) is 7.12. The van der Waals surface area contributed by atoms with Crippen molar-refractivity contribution in [3.63, 3.8) is 0 Å². The lowest BCUT2D eigenvalue weighted by atomic mass is 10.1. The molecule has 3 atom stereocenters.